The van der Waals surface area contributed by atoms with Crippen LogP contribution in [0.1, 0.15) is 13.3 Å². The number of carbonyl (C=O) groups excluding carboxylic acids is 1. The second-order valence-corrected chi connectivity index (χ2v) is 4.81. The molecule has 0 aromatic carbocycles. The van der Waals surface area contributed by atoms with Gasteiger partial charge in [0.15, 0.2) is 5.65 Å². The van der Waals surface area contributed by atoms with Gasteiger partial charge in [0.1, 0.15) is 0 Å². The van der Waals surface area contributed by atoms with Crippen molar-refractivity contribution in [2.45, 2.75) is 26.0 Å². The van der Waals surface area contributed by atoms with Crippen LogP contribution in [0.5, 0.6) is 0 Å². The van der Waals surface area contributed by atoms with Crippen LogP contribution in [0.3, 0.4) is 0 Å². The lowest BCUT2D eigenvalue weighted by atomic mass is 10.3. The molecule has 1 atom stereocenters. The predicted octanol–water partition coefficient (Wildman–Crippen LogP) is -0.275. The molecule has 20 heavy (non-hydrogen) atoms. The van der Waals surface area contributed by atoms with Crippen molar-refractivity contribution >= 4 is 11.6 Å². The first-order valence-corrected chi connectivity index (χ1v) is 6.45. The van der Waals surface area contributed by atoms with E-state index in [1.165, 1.54) is 14.0 Å². The molecule has 2 aromatic rings. The summed E-state index contributed by atoms with van der Waals surface area (Å²) in [5.74, 6) is -0.130. The van der Waals surface area contributed by atoms with Crippen LogP contribution in [-0.4, -0.2) is 49.8 Å². The van der Waals surface area contributed by atoms with Crippen LogP contribution in [0.2, 0.25) is 0 Å². The monoisotopic (exact) mass is 278 g/mol. The second-order valence-electron chi connectivity index (χ2n) is 4.81. The quantitative estimate of drug-likeness (QED) is 0.816. The Balaban J connectivity index is 2.04. The van der Waals surface area contributed by atoms with Crippen molar-refractivity contribution in [3.63, 3.8) is 0 Å². The Morgan fingerprint density at radius 1 is 1.50 bits per heavy atom. The molecule has 0 bridgehead atoms. The Hall–Kier alpha value is -2.15. The maximum atomic E-state index is 12.0. The molecule has 7 heteroatoms. The summed E-state index contributed by atoms with van der Waals surface area (Å²) in [5, 5.41) is 13.4. The molecule has 0 saturated heterocycles. The number of aliphatic hydroxyl groups is 1. The highest BCUT2D eigenvalue weighted by Crippen LogP contribution is 1.98. The lowest BCUT2D eigenvalue weighted by Crippen LogP contribution is -2.34. The predicted molar refractivity (Wildman–Crippen MR) is 73.4 cm³/mol. The molecule has 0 radical (unpaired) electrons. The Morgan fingerprint density at radius 3 is 2.90 bits per heavy atom. The van der Waals surface area contributed by atoms with Gasteiger partial charge in [-0.2, -0.15) is 0 Å². The summed E-state index contributed by atoms with van der Waals surface area (Å²) >= 11 is 0. The third-order valence-electron chi connectivity index (χ3n) is 2.99. The lowest BCUT2D eigenvalue weighted by molar-refractivity contribution is -0.131. The largest absolute Gasteiger partial charge is 0.392 e. The molecule has 2 heterocycles. The van der Waals surface area contributed by atoms with Crippen LogP contribution in [0.4, 0.5) is 0 Å². The molecule has 2 aromatic heterocycles. The average Bonchev–Trinajstić information content (AvgIpc) is 2.72. The number of hydrogen-bond donors (Lipinski definition) is 1. The molecule has 0 aliphatic rings. The number of aromatic nitrogens is 3. The SMILES string of the molecule is CC(O)CN(C)C(=O)CCn1nc2ccccn2c1=O. The fraction of sp³-hybridized carbons (Fsp3) is 0.462. The lowest BCUT2D eigenvalue weighted by Gasteiger charge is -2.18. The molecular weight excluding hydrogens is 260 g/mol. The molecule has 2 rings (SSSR count). The average molecular weight is 278 g/mol. The Kier molecular flexibility index (Phi) is 4.19. The van der Waals surface area contributed by atoms with E-state index < -0.39 is 6.10 Å². The molecule has 1 amide bonds. The molecule has 0 aliphatic carbocycles. The maximum Gasteiger partial charge on any atom is 0.350 e. The van der Waals surface area contributed by atoms with Gasteiger partial charge in [0.25, 0.3) is 0 Å². The third-order valence-corrected chi connectivity index (χ3v) is 2.99. The minimum Gasteiger partial charge on any atom is -0.392 e. The topological polar surface area (TPSA) is 79.8 Å². The number of fused-ring (bicyclic) bond motifs is 1. The standard InChI is InChI=1S/C13H18N4O3/c1-10(18)9-15(2)12(19)6-8-17-13(20)16-7-4-3-5-11(16)14-17/h3-5,7,10,18H,6,8-9H2,1-2H3. The third kappa shape index (κ3) is 3.05. The van der Waals surface area contributed by atoms with Crippen molar-refractivity contribution in [2.75, 3.05) is 13.6 Å². The summed E-state index contributed by atoms with van der Waals surface area (Å²) in [7, 11) is 1.63. The van der Waals surface area contributed by atoms with E-state index in [4.69, 9.17) is 0 Å². The molecule has 0 spiro atoms. The molecule has 1 unspecified atom stereocenters. The van der Waals surface area contributed by atoms with E-state index in [-0.39, 0.29) is 31.1 Å². The Labute approximate surface area is 116 Å². The molecule has 0 aliphatic heterocycles. The van der Waals surface area contributed by atoms with E-state index in [1.807, 2.05) is 0 Å². The van der Waals surface area contributed by atoms with Crippen LogP contribution in [0.25, 0.3) is 5.65 Å². The van der Waals surface area contributed by atoms with E-state index in [2.05, 4.69) is 5.10 Å². The van der Waals surface area contributed by atoms with Crippen molar-refractivity contribution in [1.29, 1.82) is 0 Å². The number of aryl methyl sites for hydroxylation is 1. The van der Waals surface area contributed by atoms with Gasteiger partial charge in [-0.3, -0.25) is 9.20 Å². The van der Waals surface area contributed by atoms with E-state index in [0.717, 1.165) is 0 Å². The maximum absolute atomic E-state index is 12.0. The zero-order valence-electron chi connectivity index (χ0n) is 11.6. The number of aliphatic hydroxyl groups excluding tert-OH is 1. The fourth-order valence-corrected chi connectivity index (χ4v) is 2.00. The van der Waals surface area contributed by atoms with E-state index in [0.29, 0.717) is 5.65 Å². The van der Waals surface area contributed by atoms with Gasteiger partial charge in [-0.25, -0.2) is 9.48 Å². The summed E-state index contributed by atoms with van der Waals surface area (Å²) in [6, 6.07) is 5.29. The van der Waals surface area contributed by atoms with Crippen molar-refractivity contribution < 1.29 is 9.90 Å². The molecular formula is C13H18N4O3. The second kappa shape index (κ2) is 5.87. The van der Waals surface area contributed by atoms with Crippen molar-refractivity contribution in [1.82, 2.24) is 19.1 Å². The number of carbonyl (C=O) groups is 1. The van der Waals surface area contributed by atoms with Gasteiger partial charge < -0.3 is 10.0 Å². The Bertz CT molecular complexity index is 659. The number of rotatable bonds is 5. The molecule has 0 fully saturated rings. The summed E-state index contributed by atoms with van der Waals surface area (Å²) in [6.45, 7) is 2.12. The summed E-state index contributed by atoms with van der Waals surface area (Å²) in [6.07, 6.45) is 1.25. The van der Waals surface area contributed by atoms with Crippen molar-refractivity contribution in [3.05, 3.63) is 34.9 Å². The van der Waals surface area contributed by atoms with Gasteiger partial charge in [0, 0.05) is 26.2 Å². The van der Waals surface area contributed by atoms with Gasteiger partial charge >= 0.3 is 5.69 Å². The first kappa shape index (κ1) is 14.3. The van der Waals surface area contributed by atoms with Crippen LogP contribution < -0.4 is 5.69 Å². The van der Waals surface area contributed by atoms with Gasteiger partial charge in [-0.1, -0.05) is 6.07 Å². The fourth-order valence-electron chi connectivity index (χ4n) is 2.00. The Morgan fingerprint density at radius 2 is 2.25 bits per heavy atom. The minimum atomic E-state index is -0.568. The smallest absolute Gasteiger partial charge is 0.350 e. The highest BCUT2D eigenvalue weighted by atomic mass is 16.3. The first-order valence-electron chi connectivity index (χ1n) is 6.45. The van der Waals surface area contributed by atoms with E-state index in [1.54, 1.807) is 38.4 Å². The van der Waals surface area contributed by atoms with Crippen LogP contribution >= 0.6 is 0 Å². The number of nitrogens with zero attached hydrogens (tertiary/aromatic N) is 4. The number of pyridine rings is 1. The van der Waals surface area contributed by atoms with Crippen LogP contribution in [-0.2, 0) is 11.3 Å². The summed E-state index contributed by atoms with van der Waals surface area (Å²) < 4.78 is 2.72. The van der Waals surface area contributed by atoms with Crippen LogP contribution in [0.15, 0.2) is 29.2 Å². The first-order chi connectivity index (χ1) is 9.49. The highest BCUT2D eigenvalue weighted by molar-refractivity contribution is 5.75. The van der Waals surface area contributed by atoms with Crippen LogP contribution in [0, 0.1) is 0 Å². The van der Waals surface area contributed by atoms with E-state index in [9.17, 15) is 14.7 Å². The zero-order chi connectivity index (χ0) is 14.7. The molecule has 0 saturated carbocycles. The molecule has 108 valence electrons. The van der Waals surface area contributed by atoms with Gasteiger partial charge in [0.2, 0.25) is 5.91 Å². The number of likely N-dealkylation sites (N-methyl/N-ethyl adjacent to an activating group) is 1. The minimum absolute atomic E-state index is 0.130. The normalized spacial score (nSPS) is 12.6. The van der Waals surface area contributed by atoms with Gasteiger partial charge in [-0.15, -0.1) is 5.10 Å². The summed E-state index contributed by atoms with van der Waals surface area (Å²) in [5.41, 5.74) is 0.300. The zero-order valence-corrected chi connectivity index (χ0v) is 11.6. The van der Waals surface area contributed by atoms with Crippen molar-refractivity contribution in [2.24, 2.45) is 0 Å². The van der Waals surface area contributed by atoms with E-state index >= 15 is 0 Å². The summed E-state index contributed by atoms with van der Waals surface area (Å²) in [4.78, 5) is 25.3. The molecule has 1 N–H and O–H groups in total. The number of amides is 1. The molecule has 7 nitrogen and oxygen atoms in total. The van der Waals surface area contributed by atoms with Crippen molar-refractivity contribution in [3.8, 4) is 0 Å². The van der Waals surface area contributed by atoms with Gasteiger partial charge in [-0.05, 0) is 19.1 Å². The highest BCUT2D eigenvalue weighted by Gasteiger charge is 2.13. The van der Waals surface area contributed by atoms with Gasteiger partial charge in [0.05, 0.1) is 12.6 Å². The number of hydrogen-bond acceptors (Lipinski definition) is 4.